The molecule has 1 aliphatic carbocycles. The number of benzene rings is 2. The number of methoxy groups -OCH3 is 1. The highest BCUT2D eigenvalue weighted by Crippen LogP contribution is 2.52. The average Bonchev–Trinajstić information content (AvgIpc) is 3.46. The van der Waals surface area contributed by atoms with E-state index in [9.17, 15) is 4.79 Å². The van der Waals surface area contributed by atoms with E-state index in [1.807, 2.05) is 83.5 Å². The molecule has 1 fully saturated rings. The number of nitrogens with one attached hydrogen (secondary N) is 1. The van der Waals surface area contributed by atoms with Gasteiger partial charge in [-0.05, 0) is 43.2 Å². The summed E-state index contributed by atoms with van der Waals surface area (Å²) in [5, 5.41) is 3.11. The molecular weight excluding hydrogens is 362 g/mol. The van der Waals surface area contributed by atoms with Gasteiger partial charge in [-0.1, -0.05) is 36.4 Å². The van der Waals surface area contributed by atoms with E-state index in [0.717, 1.165) is 46.7 Å². The highest BCUT2D eigenvalue weighted by molar-refractivity contribution is 6.02. The van der Waals surface area contributed by atoms with Crippen LogP contribution in [0, 0.1) is 0 Å². The molecule has 1 N–H and O–H groups in total. The maximum atomic E-state index is 13.2. The Labute approximate surface area is 169 Å². The zero-order valence-electron chi connectivity index (χ0n) is 16.1. The van der Waals surface area contributed by atoms with Crippen molar-refractivity contribution in [3.63, 3.8) is 0 Å². The SMILES string of the molecule is COc1ccccc1C1(C(=O)Nc2cccc(-c3cn4ccccc4n3)c2)CC1. The van der Waals surface area contributed by atoms with Crippen LogP contribution in [-0.4, -0.2) is 22.4 Å². The van der Waals surface area contributed by atoms with E-state index >= 15 is 0 Å². The molecule has 5 rings (SSSR count). The van der Waals surface area contributed by atoms with Crippen LogP contribution >= 0.6 is 0 Å². The Balaban J connectivity index is 1.42. The predicted octanol–water partition coefficient (Wildman–Crippen LogP) is 4.68. The Morgan fingerprint density at radius 2 is 1.90 bits per heavy atom. The summed E-state index contributed by atoms with van der Waals surface area (Å²) < 4.78 is 7.47. The molecule has 1 saturated carbocycles. The van der Waals surface area contributed by atoms with Crippen molar-refractivity contribution in [2.24, 2.45) is 0 Å². The van der Waals surface area contributed by atoms with Crippen LogP contribution in [0.3, 0.4) is 0 Å². The van der Waals surface area contributed by atoms with Crippen LogP contribution < -0.4 is 10.1 Å². The van der Waals surface area contributed by atoms with Gasteiger partial charge in [-0.15, -0.1) is 0 Å². The first-order valence-corrected chi connectivity index (χ1v) is 9.69. The summed E-state index contributed by atoms with van der Waals surface area (Å²) in [6.45, 7) is 0. The van der Waals surface area contributed by atoms with Crippen LogP contribution in [0.5, 0.6) is 5.75 Å². The molecule has 144 valence electrons. The van der Waals surface area contributed by atoms with Crippen LogP contribution in [0.1, 0.15) is 18.4 Å². The fraction of sp³-hybridized carbons (Fsp3) is 0.167. The van der Waals surface area contributed by atoms with E-state index in [0.29, 0.717) is 0 Å². The highest BCUT2D eigenvalue weighted by Gasteiger charge is 2.52. The minimum Gasteiger partial charge on any atom is -0.496 e. The Bertz CT molecular complexity index is 1170. The van der Waals surface area contributed by atoms with Crippen LogP contribution in [0.4, 0.5) is 5.69 Å². The second-order valence-electron chi connectivity index (χ2n) is 7.41. The molecule has 2 aromatic heterocycles. The summed E-state index contributed by atoms with van der Waals surface area (Å²) in [6.07, 6.45) is 5.62. The van der Waals surface area contributed by atoms with Gasteiger partial charge in [0.25, 0.3) is 0 Å². The van der Waals surface area contributed by atoms with E-state index in [1.54, 1.807) is 7.11 Å². The number of imidazole rings is 1. The van der Waals surface area contributed by atoms with E-state index < -0.39 is 5.41 Å². The topological polar surface area (TPSA) is 55.6 Å². The molecule has 0 saturated heterocycles. The van der Waals surface area contributed by atoms with E-state index in [2.05, 4.69) is 10.3 Å². The molecule has 0 spiro atoms. The standard InChI is InChI=1S/C24H21N3O2/c1-29-21-10-3-2-9-19(21)24(12-13-24)23(28)25-18-8-6-7-17(15-18)20-16-27-14-5-4-11-22(27)26-20/h2-11,14-16H,12-13H2,1H3,(H,25,28). The number of carbonyl (C=O) groups is 1. The first-order valence-electron chi connectivity index (χ1n) is 9.69. The fourth-order valence-electron chi connectivity index (χ4n) is 3.86. The first kappa shape index (κ1) is 17.5. The smallest absolute Gasteiger partial charge is 0.235 e. The average molecular weight is 383 g/mol. The predicted molar refractivity (Wildman–Crippen MR) is 113 cm³/mol. The van der Waals surface area contributed by atoms with Gasteiger partial charge in [0, 0.05) is 29.2 Å². The maximum absolute atomic E-state index is 13.2. The molecule has 0 unspecified atom stereocenters. The molecule has 1 aliphatic rings. The number of anilines is 1. The van der Waals surface area contributed by atoms with Crippen molar-refractivity contribution in [2.75, 3.05) is 12.4 Å². The van der Waals surface area contributed by atoms with Crippen molar-refractivity contribution < 1.29 is 9.53 Å². The number of rotatable bonds is 5. The molecule has 5 nitrogen and oxygen atoms in total. The van der Waals surface area contributed by atoms with Crippen molar-refractivity contribution >= 4 is 17.2 Å². The lowest BCUT2D eigenvalue weighted by molar-refractivity contribution is -0.118. The molecule has 1 amide bonds. The number of fused-ring (bicyclic) bond motifs is 1. The normalized spacial score (nSPS) is 14.5. The van der Waals surface area contributed by atoms with Gasteiger partial charge < -0.3 is 14.5 Å². The van der Waals surface area contributed by atoms with Gasteiger partial charge in [0.1, 0.15) is 11.4 Å². The Kier molecular flexibility index (Phi) is 4.09. The molecule has 0 bridgehead atoms. The van der Waals surface area contributed by atoms with Crippen molar-refractivity contribution in [3.8, 4) is 17.0 Å². The zero-order valence-corrected chi connectivity index (χ0v) is 16.1. The summed E-state index contributed by atoms with van der Waals surface area (Å²) in [5.74, 6) is 0.771. The first-order chi connectivity index (χ1) is 14.2. The molecule has 0 aliphatic heterocycles. The molecule has 0 radical (unpaired) electrons. The maximum Gasteiger partial charge on any atom is 0.235 e. The van der Waals surface area contributed by atoms with Crippen LogP contribution in [0.25, 0.3) is 16.9 Å². The second kappa shape index (κ2) is 6.78. The molecule has 0 atom stereocenters. The summed E-state index contributed by atoms with van der Waals surface area (Å²) in [4.78, 5) is 17.8. The lowest BCUT2D eigenvalue weighted by atomic mass is 9.93. The number of hydrogen-bond donors (Lipinski definition) is 1. The molecule has 5 heteroatoms. The van der Waals surface area contributed by atoms with Crippen LogP contribution in [0.15, 0.2) is 79.1 Å². The van der Waals surface area contributed by atoms with Gasteiger partial charge in [0.05, 0.1) is 18.2 Å². The second-order valence-corrected chi connectivity index (χ2v) is 7.41. The van der Waals surface area contributed by atoms with E-state index in [-0.39, 0.29) is 5.91 Å². The number of amides is 1. The summed E-state index contributed by atoms with van der Waals surface area (Å²) in [5.41, 5.74) is 3.95. The van der Waals surface area contributed by atoms with E-state index in [1.165, 1.54) is 0 Å². The minimum atomic E-state index is -0.508. The Morgan fingerprint density at radius 3 is 2.69 bits per heavy atom. The fourth-order valence-corrected chi connectivity index (χ4v) is 3.86. The highest BCUT2D eigenvalue weighted by atomic mass is 16.5. The van der Waals surface area contributed by atoms with Gasteiger partial charge in [0.2, 0.25) is 5.91 Å². The molecule has 2 aromatic carbocycles. The molecular formula is C24H21N3O2. The third-order valence-electron chi connectivity index (χ3n) is 5.59. The van der Waals surface area contributed by atoms with Crippen molar-refractivity contribution in [3.05, 3.63) is 84.7 Å². The van der Waals surface area contributed by atoms with Crippen molar-refractivity contribution in [2.45, 2.75) is 18.3 Å². The number of pyridine rings is 1. The number of hydrogen-bond acceptors (Lipinski definition) is 3. The molecule has 29 heavy (non-hydrogen) atoms. The van der Waals surface area contributed by atoms with Crippen LogP contribution in [-0.2, 0) is 10.2 Å². The number of nitrogens with zero attached hydrogens (tertiary/aromatic N) is 2. The monoisotopic (exact) mass is 383 g/mol. The largest absolute Gasteiger partial charge is 0.496 e. The number of carbonyl (C=O) groups excluding carboxylic acids is 1. The van der Waals surface area contributed by atoms with Crippen LogP contribution in [0.2, 0.25) is 0 Å². The third-order valence-corrected chi connectivity index (χ3v) is 5.59. The van der Waals surface area contributed by atoms with Gasteiger partial charge in [-0.2, -0.15) is 0 Å². The third kappa shape index (κ3) is 3.05. The Hall–Kier alpha value is -3.60. The summed E-state index contributed by atoms with van der Waals surface area (Å²) in [6, 6.07) is 21.5. The molecule has 2 heterocycles. The van der Waals surface area contributed by atoms with Crippen molar-refractivity contribution in [1.82, 2.24) is 9.38 Å². The molecule has 4 aromatic rings. The Morgan fingerprint density at radius 1 is 1.07 bits per heavy atom. The van der Waals surface area contributed by atoms with Gasteiger partial charge in [-0.25, -0.2) is 4.98 Å². The van der Waals surface area contributed by atoms with E-state index in [4.69, 9.17) is 4.74 Å². The number of aromatic nitrogens is 2. The minimum absolute atomic E-state index is 0.00847. The van der Waals surface area contributed by atoms with Crippen molar-refractivity contribution in [1.29, 1.82) is 0 Å². The zero-order chi connectivity index (χ0) is 19.8. The van der Waals surface area contributed by atoms with Gasteiger partial charge in [0.15, 0.2) is 0 Å². The van der Waals surface area contributed by atoms with Gasteiger partial charge >= 0.3 is 0 Å². The number of para-hydroxylation sites is 1. The quantitative estimate of drug-likeness (QED) is 0.544. The van der Waals surface area contributed by atoms with Gasteiger partial charge in [-0.3, -0.25) is 4.79 Å². The summed E-state index contributed by atoms with van der Waals surface area (Å²) >= 11 is 0. The number of ether oxygens (including phenoxy) is 1. The lowest BCUT2D eigenvalue weighted by Crippen LogP contribution is -2.28. The lowest BCUT2D eigenvalue weighted by Gasteiger charge is -2.18. The summed E-state index contributed by atoms with van der Waals surface area (Å²) in [7, 11) is 1.64.